The van der Waals surface area contributed by atoms with E-state index in [2.05, 4.69) is 4.74 Å². The van der Waals surface area contributed by atoms with Gasteiger partial charge in [0.2, 0.25) is 0 Å². The van der Waals surface area contributed by atoms with Gasteiger partial charge in [0, 0.05) is 0 Å². The SMILES string of the molecule is CC(C)S(=O)(=O)C1CO1. The van der Waals surface area contributed by atoms with Gasteiger partial charge in [-0.25, -0.2) is 8.42 Å². The van der Waals surface area contributed by atoms with Gasteiger partial charge in [-0.15, -0.1) is 0 Å². The molecule has 1 atom stereocenters. The summed E-state index contributed by atoms with van der Waals surface area (Å²) in [5.41, 5.74) is -0.488. The van der Waals surface area contributed by atoms with Crippen LogP contribution in [0, 0.1) is 0 Å². The molecule has 0 aliphatic carbocycles. The average Bonchev–Trinajstić information content (AvgIpc) is 2.42. The number of ether oxygens (including phenoxy) is 1. The summed E-state index contributed by atoms with van der Waals surface area (Å²) < 4.78 is 26.6. The molecule has 0 aromatic rings. The van der Waals surface area contributed by atoms with Crippen molar-refractivity contribution in [2.45, 2.75) is 24.5 Å². The summed E-state index contributed by atoms with van der Waals surface area (Å²) in [6, 6.07) is 0. The highest BCUT2D eigenvalue weighted by Crippen LogP contribution is 2.20. The van der Waals surface area contributed by atoms with Crippen molar-refractivity contribution in [3.8, 4) is 0 Å². The third kappa shape index (κ3) is 1.24. The number of hydrogen-bond donors (Lipinski definition) is 0. The molecule has 0 radical (unpaired) electrons. The van der Waals surface area contributed by atoms with Crippen LogP contribution in [0.2, 0.25) is 0 Å². The van der Waals surface area contributed by atoms with E-state index in [-0.39, 0.29) is 5.25 Å². The van der Waals surface area contributed by atoms with Crippen molar-refractivity contribution in [1.29, 1.82) is 0 Å². The highest BCUT2D eigenvalue weighted by molar-refractivity contribution is 7.92. The molecule has 1 aliphatic rings. The Morgan fingerprint density at radius 2 is 2.00 bits per heavy atom. The highest BCUT2D eigenvalue weighted by Gasteiger charge is 2.39. The molecule has 1 saturated heterocycles. The topological polar surface area (TPSA) is 46.7 Å². The molecule has 0 N–H and O–H groups in total. The van der Waals surface area contributed by atoms with E-state index >= 15 is 0 Å². The van der Waals surface area contributed by atoms with Crippen LogP contribution in [0.3, 0.4) is 0 Å². The standard InChI is InChI=1S/C5H10O3S/c1-4(2)9(6,7)5-3-8-5/h4-5H,3H2,1-2H3. The maximum Gasteiger partial charge on any atom is 0.182 e. The summed E-state index contributed by atoms with van der Waals surface area (Å²) in [5.74, 6) is 0. The fraction of sp³-hybridized carbons (Fsp3) is 1.00. The summed E-state index contributed by atoms with van der Waals surface area (Å²) in [4.78, 5) is 0. The molecule has 0 saturated carbocycles. The van der Waals surface area contributed by atoms with E-state index < -0.39 is 15.3 Å². The van der Waals surface area contributed by atoms with Gasteiger partial charge in [0.15, 0.2) is 15.3 Å². The van der Waals surface area contributed by atoms with Gasteiger partial charge in [-0.1, -0.05) is 0 Å². The minimum atomic E-state index is -2.93. The molecule has 1 aliphatic heterocycles. The molecule has 9 heavy (non-hydrogen) atoms. The van der Waals surface area contributed by atoms with E-state index in [0.29, 0.717) is 6.61 Å². The Hall–Kier alpha value is -0.0900. The van der Waals surface area contributed by atoms with E-state index in [0.717, 1.165) is 0 Å². The summed E-state index contributed by atoms with van der Waals surface area (Å²) in [6.07, 6.45) is 0. The van der Waals surface area contributed by atoms with Gasteiger partial charge in [0.25, 0.3) is 0 Å². The van der Waals surface area contributed by atoms with Gasteiger partial charge in [0.05, 0.1) is 11.9 Å². The van der Waals surface area contributed by atoms with Crippen LogP contribution in [-0.4, -0.2) is 25.7 Å². The zero-order valence-electron chi connectivity index (χ0n) is 5.49. The molecule has 0 bridgehead atoms. The molecule has 1 fully saturated rings. The summed E-state index contributed by atoms with van der Waals surface area (Å²) in [7, 11) is -2.93. The molecule has 0 spiro atoms. The van der Waals surface area contributed by atoms with Crippen LogP contribution in [0.1, 0.15) is 13.8 Å². The van der Waals surface area contributed by atoms with Crippen molar-refractivity contribution < 1.29 is 13.2 Å². The van der Waals surface area contributed by atoms with Gasteiger partial charge >= 0.3 is 0 Å². The quantitative estimate of drug-likeness (QED) is 0.527. The van der Waals surface area contributed by atoms with E-state index in [4.69, 9.17) is 0 Å². The van der Waals surface area contributed by atoms with Crippen LogP contribution < -0.4 is 0 Å². The van der Waals surface area contributed by atoms with Crippen LogP contribution in [0.15, 0.2) is 0 Å². The Labute approximate surface area is 54.9 Å². The largest absolute Gasteiger partial charge is 0.356 e. The number of hydrogen-bond acceptors (Lipinski definition) is 3. The molecule has 54 valence electrons. The maximum atomic E-state index is 11.0. The van der Waals surface area contributed by atoms with Gasteiger partial charge in [-0.05, 0) is 13.8 Å². The Morgan fingerprint density at radius 1 is 1.56 bits per heavy atom. The molecule has 4 heteroatoms. The fourth-order valence-corrected chi connectivity index (χ4v) is 1.60. The second-order valence-electron chi connectivity index (χ2n) is 2.40. The summed E-state index contributed by atoms with van der Waals surface area (Å²) in [6.45, 7) is 3.72. The monoisotopic (exact) mass is 150 g/mol. The lowest BCUT2D eigenvalue weighted by atomic mass is 10.6. The Morgan fingerprint density at radius 3 is 2.11 bits per heavy atom. The van der Waals surface area contributed by atoms with Crippen molar-refractivity contribution in [3.05, 3.63) is 0 Å². The summed E-state index contributed by atoms with van der Waals surface area (Å²) >= 11 is 0. The minimum Gasteiger partial charge on any atom is -0.356 e. The smallest absolute Gasteiger partial charge is 0.182 e. The van der Waals surface area contributed by atoms with Crippen LogP contribution in [-0.2, 0) is 14.6 Å². The van der Waals surface area contributed by atoms with E-state index in [1.54, 1.807) is 13.8 Å². The van der Waals surface area contributed by atoms with Crippen molar-refractivity contribution >= 4 is 9.84 Å². The molecular formula is C5H10O3S. The normalized spacial score (nSPS) is 26.8. The predicted octanol–water partition coefficient (Wildman–Crippen LogP) is 0.166. The molecule has 1 rings (SSSR count). The molecule has 0 aromatic heterocycles. The Kier molecular flexibility index (Phi) is 1.52. The first-order valence-electron chi connectivity index (χ1n) is 2.89. The first-order chi connectivity index (χ1) is 4.05. The van der Waals surface area contributed by atoms with Gasteiger partial charge in [0.1, 0.15) is 0 Å². The van der Waals surface area contributed by atoms with Crippen molar-refractivity contribution in [2.75, 3.05) is 6.61 Å². The third-order valence-electron chi connectivity index (χ3n) is 1.33. The third-order valence-corrected chi connectivity index (χ3v) is 3.65. The predicted molar refractivity (Wildman–Crippen MR) is 33.8 cm³/mol. The highest BCUT2D eigenvalue weighted by atomic mass is 32.2. The zero-order valence-corrected chi connectivity index (χ0v) is 6.31. The van der Waals surface area contributed by atoms with Gasteiger partial charge < -0.3 is 4.74 Å². The molecule has 1 heterocycles. The van der Waals surface area contributed by atoms with Crippen LogP contribution in [0.5, 0.6) is 0 Å². The number of epoxide rings is 1. The number of sulfone groups is 1. The lowest BCUT2D eigenvalue weighted by Gasteiger charge is -2.01. The molecule has 3 nitrogen and oxygen atoms in total. The second-order valence-corrected chi connectivity index (χ2v) is 5.05. The van der Waals surface area contributed by atoms with Gasteiger partial charge in [-0.2, -0.15) is 0 Å². The molecule has 1 unspecified atom stereocenters. The first kappa shape index (κ1) is 7.02. The maximum absolute atomic E-state index is 11.0. The second kappa shape index (κ2) is 1.95. The Bertz CT molecular complexity index is 180. The Balaban J connectivity index is 2.73. The lowest BCUT2D eigenvalue weighted by molar-refractivity contribution is 0.443. The molecule has 0 aromatic carbocycles. The van der Waals surface area contributed by atoms with Crippen LogP contribution in [0.25, 0.3) is 0 Å². The molecule has 0 amide bonds. The minimum absolute atomic E-state index is 0.301. The van der Waals surface area contributed by atoms with E-state index in [9.17, 15) is 8.42 Å². The number of rotatable bonds is 2. The molecular weight excluding hydrogens is 140 g/mol. The lowest BCUT2D eigenvalue weighted by Crippen LogP contribution is -2.19. The first-order valence-corrected chi connectivity index (χ1v) is 4.50. The van der Waals surface area contributed by atoms with E-state index in [1.807, 2.05) is 0 Å². The fourth-order valence-electron chi connectivity index (χ4n) is 0.533. The summed E-state index contributed by atoms with van der Waals surface area (Å²) in [5, 5.41) is -0.301. The van der Waals surface area contributed by atoms with Crippen molar-refractivity contribution in [3.63, 3.8) is 0 Å². The average molecular weight is 150 g/mol. The van der Waals surface area contributed by atoms with Crippen molar-refractivity contribution in [2.24, 2.45) is 0 Å². The van der Waals surface area contributed by atoms with Crippen molar-refractivity contribution in [1.82, 2.24) is 0 Å². The van der Waals surface area contributed by atoms with E-state index in [1.165, 1.54) is 0 Å². The van der Waals surface area contributed by atoms with Crippen LogP contribution >= 0.6 is 0 Å². The van der Waals surface area contributed by atoms with Crippen LogP contribution in [0.4, 0.5) is 0 Å². The zero-order chi connectivity index (χ0) is 7.07. The van der Waals surface area contributed by atoms with Gasteiger partial charge in [-0.3, -0.25) is 0 Å².